The van der Waals surface area contributed by atoms with E-state index in [0.29, 0.717) is 31.9 Å². The molecule has 4 rings (SSSR count). The largest absolute Gasteiger partial charge is 0.361 e. The van der Waals surface area contributed by atoms with Crippen molar-refractivity contribution >= 4 is 21.4 Å². The lowest BCUT2D eigenvalue weighted by Crippen LogP contribution is -2.35. The van der Waals surface area contributed by atoms with Gasteiger partial charge in [-0.3, -0.25) is 10.1 Å². The van der Waals surface area contributed by atoms with Crippen LogP contribution in [0.3, 0.4) is 0 Å². The van der Waals surface area contributed by atoms with Gasteiger partial charge in [0.15, 0.2) is 0 Å². The molecule has 0 aromatic heterocycles. The molecule has 2 aromatic carbocycles. The summed E-state index contributed by atoms with van der Waals surface area (Å²) in [5.41, 5.74) is 2.72. The second kappa shape index (κ2) is 7.52. The van der Waals surface area contributed by atoms with E-state index in [1.807, 2.05) is 23.1 Å². The van der Waals surface area contributed by atoms with Gasteiger partial charge in [-0.15, -0.1) is 0 Å². The van der Waals surface area contributed by atoms with Crippen LogP contribution in [0.5, 0.6) is 0 Å². The summed E-state index contributed by atoms with van der Waals surface area (Å²) < 4.78 is 27.2. The molecule has 0 bridgehead atoms. The van der Waals surface area contributed by atoms with Crippen LogP contribution >= 0.6 is 0 Å². The molecule has 148 valence electrons. The maximum atomic E-state index is 12.9. The SMILES string of the molecule is O=[N+]([O-])c1cc(S(=O)(=O)N2CCCCC2)ccc1N1CCc2ccccc2C1. The normalized spacial score (nSPS) is 17.9. The molecule has 2 heterocycles. The van der Waals surface area contributed by atoms with Crippen LogP contribution in [-0.4, -0.2) is 37.3 Å². The number of hydrogen-bond donors (Lipinski definition) is 0. The Balaban J connectivity index is 1.68. The van der Waals surface area contributed by atoms with Gasteiger partial charge in [0, 0.05) is 32.2 Å². The summed E-state index contributed by atoms with van der Waals surface area (Å²) >= 11 is 0. The van der Waals surface area contributed by atoms with Crippen molar-refractivity contribution in [3.63, 3.8) is 0 Å². The number of anilines is 1. The monoisotopic (exact) mass is 401 g/mol. The van der Waals surface area contributed by atoms with Gasteiger partial charge in [-0.2, -0.15) is 4.31 Å². The highest BCUT2D eigenvalue weighted by atomic mass is 32.2. The summed E-state index contributed by atoms with van der Waals surface area (Å²) in [6, 6.07) is 12.4. The Morgan fingerprint density at radius 1 is 0.929 bits per heavy atom. The maximum absolute atomic E-state index is 12.9. The number of benzene rings is 2. The minimum atomic E-state index is -3.70. The maximum Gasteiger partial charge on any atom is 0.293 e. The van der Waals surface area contributed by atoms with Gasteiger partial charge < -0.3 is 4.90 Å². The van der Waals surface area contributed by atoms with Gasteiger partial charge in [-0.1, -0.05) is 30.7 Å². The van der Waals surface area contributed by atoms with Crippen LogP contribution in [0.15, 0.2) is 47.4 Å². The molecular weight excluding hydrogens is 378 g/mol. The fraction of sp³-hybridized carbons (Fsp3) is 0.400. The highest BCUT2D eigenvalue weighted by Gasteiger charge is 2.30. The van der Waals surface area contributed by atoms with Gasteiger partial charge >= 0.3 is 0 Å². The minimum absolute atomic E-state index is 0.00209. The molecule has 0 N–H and O–H groups in total. The predicted molar refractivity (Wildman–Crippen MR) is 107 cm³/mol. The quantitative estimate of drug-likeness (QED) is 0.580. The van der Waals surface area contributed by atoms with E-state index in [2.05, 4.69) is 6.07 Å². The third-order valence-corrected chi connectivity index (χ3v) is 7.46. The molecule has 0 spiro atoms. The van der Waals surface area contributed by atoms with E-state index in [-0.39, 0.29) is 10.6 Å². The molecule has 2 aliphatic heterocycles. The molecule has 0 aliphatic carbocycles. The fourth-order valence-corrected chi connectivity index (χ4v) is 5.57. The Morgan fingerprint density at radius 3 is 2.36 bits per heavy atom. The van der Waals surface area contributed by atoms with Crippen molar-refractivity contribution < 1.29 is 13.3 Å². The Hall–Kier alpha value is -2.45. The first-order chi connectivity index (χ1) is 13.5. The van der Waals surface area contributed by atoms with Crippen molar-refractivity contribution in [3.8, 4) is 0 Å². The zero-order valence-corrected chi connectivity index (χ0v) is 16.4. The van der Waals surface area contributed by atoms with Gasteiger partial charge in [0.05, 0.1) is 9.82 Å². The summed E-state index contributed by atoms with van der Waals surface area (Å²) in [5, 5.41) is 11.7. The van der Waals surface area contributed by atoms with Crippen LogP contribution in [0.4, 0.5) is 11.4 Å². The van der Waals surface area contributed by atoms with Crippen molar-refractivity contribution in [2.75, 3.05) is 24.5 Å². The van der Waals surface area contributed by atoms with E-state index in [1.54, 1.807) is 6.07 Å². The van der Waals surface area contributed by atoms with Gasteiger partial charge in [-0.05, 0) is 42.5 Å². The van der Waals surface area contributed by atoms with E-state index in [9.17, 15) is 18.5 Å². The minimum Gasteiger partial charge on any atom is -0.361 e. The number of piperidine rings is 1. The number of rotatable bonds is 4. The molecule has 0 radical (unpaired) electrons. The molecule has 8 heteroatoms. The van der Waals surface area contributed by atoms with E-state index in [1.165, 1.54) is 22.0 Å². The number of fused-ring (bicyclic) bond motifs is 1. The first-order valence-electron chi connectivity index (χ1n) is 9.57. The molecule has 7 nitrogen and oxygen atoms in total. The van der Waals surface area contributed by atoms with E-state index in [4.69, 9.17) is 0 Å². The third kappa shape index (κ3) is 3.49. The first kappa shape index (κ1) is 18.9. The standard InChI is InChI=1S/C20H23N3O4S/c24-23(25)20-14-18(28(26,27)22-11-4-1-5-12-22)8-9-19(20)21-13-10-16-6-2-3-7-17(16)15-21/h2-3,6-9,14H,1,4-5,10-13,15H2. The average molecular weight is 401 g/mol. The van der Waals surface area contributed by atoms with Crippen LogP contribution in [0, 0.1) is 10.1 Å². The third-order valence-electron chi connectivity index (χ3n) is 5.57. The van der Waals surface area contributed by atoms with Crippen molar-refractivity contribution in [2.24, 2.45) is 0 Å². The first-order valence-corrected chi connectivity index (χ1v) is 11.0. The molecule has 0 atom stereocenters. The topological polar surface area (TPSA) is 83.8 Å². The van der Waals surface area contributed by atoms with Gasteiger partial charge in [-0.25, -0.2) is 8.42 Å². The second-order valence-electron chi connectivity index (χ2n) is 7.31. The zero-order valence-electron chi connectivity index (χ0n) is 15.6. The summed E-state index contributed by atoms with van der Waals surface area (Å²) in [4.78, 5) is 13.2. The molecule has 0 unspecified atom stereocenters. The highest BCUT2D eigenvalue weighted by molar-refractivity contribution is 7.89. The smallest absolute Gasteiger partial charge is 0.293 e. The van der Waals surface area contributed by atoms with E-state index >= 15 is 0 Å². The molecule has 1 saturated heterocycles. The van der Waals surface area contributed by atoms with Crippen LogP contribution < -0.4 is 4.90 Å². The average Bonchev–Trinajstić information content (AvgIpc) is 2.73. The number of hydrogen-bond acceptors (Lipinski definition) is 5. The number of sulfonamides is 1. The van der Waals surface area contributed by atoms with Gasteiger partial charge in [0.2, 0.25) is 10.0 Å². The van der Waals surface area contributed by atoms with Crippen molar-refractivity contribution in [2.45, 2.75) is 37.1 Å². The molecule has 0 amide bonds. The number of nitro benzene ring substituents is 1. The Labute approximate surface area is 164 Å². The molecule has 0 saturated carbocycles. The molecule has 2 aliphatic rings. The van der Waals surface area contributed by atoms with Crippen molar-refractivity contribution in [3.05, 3.63) is 63.7 Å². The summed E-state index contributed by atoms with van der Waals surface area (Å²) in [7, 11) is -3.70. The van der Waals surface area contributed by atoms with Gasteiger partial charge in [0.1, 0.15) is 5.69 Å². The molecule has 1 fully saturated rings. The van der Waals surface area contributed by atoms with E-state index < -0.39 is 14.9 Å². The summed E-state index contributed by atoms with van der Waals surface area (Å²) in [6.45, 7) is 2.19. The summed E-state index contributed by atoms with van der Waals surface area (Å²) in [5.74, 6) is 0. The highest BCUT2D eigenvalue weighted by Crippen LogP contribution is 2.35. The second-order valence-corrected chi connectivity index (χ2v) is 9.25. The van der Waals surface area contributed by atoms with Crippen molar-refractivity contribution in [1.29, 1.82) is 0 Å². The molecule has 28 heavy (non-hydrogen) atoms. The lowest BCUT2D eigenvalue weighted by atomic mass is 9.99. The van der Waals surface area contributed by atoms with Gasteiger partial charge in [0.25, 0.3) is 5.69 Å². The molecular formula is C20H23N3O4S. The Kier molecular flexibility index (Phi) is 5.07. The lowest BCUT2D eigenvalue weighted by molar-refractivity contribution is -0.384. The van der Waals surface area contributed by atoms with Crippen LogP contribution in [0.25, 0.3) is 0 Å². The Bertz CT molecular complexity index is 1000. The summed E-state index contributed by atoms with van der Waals surface area (Å²) in [6.07, 6.45) is 3.47. The zero-order chi connectivity index (χ0) is 19.7. The van der Waals surface area contributed by atoms with Crippen LogP contribution in [0.1, 0.15) is 30.4 Å². The molecule has 2 aromatic rings. The van der Waals surface area contributed by atoms with Crippen molar-refractivity contribution in [1.82, 2.24) is 4.31 Å². The van der Waals surface area contributed by atoms with Crippen LogP contribution in [0.2, 0.25) is 0 Å². The predicted octanol–water partition coefficient (Wildman–Crippen LogP) is 3.33. The lowest BCUT2D eigenvalue weighted by Gasteiger charge is -2.30. The fourth-order valence-electron chi connectivity index (χ4n) is 4.03. The Morgan fingerprint density at radius 2 is 1.64 bits per heavy atom. The number of nitro groups is 1. The number of nitrogens with zero attached hydrogens (tertiary/aromatic N) is 3. The van der Waals surface area contributed by atoms with Crippen LogP contribution in [-0.2, 0) is 23.0 Å². The van der Waals surface area contributed by atoms with E-state index in [0.717, 1.165) is 31.2 Å².